The van der Waals surface area contributed by atoms with Crippen molar-refractivity contribution in [3.8, 4) is 0 Å². The van der Waals surface area contributed by atoms with E-state index in [1.807, 2.05) is 0 Å². The summed E-state index contributed by atoms with van der Waals surface area (Å²) in [6.45, 7) is 9.74. The Hall–Kier alpha value is -0.0800. The van der Waals surface area contributed by atoms with Crippen LogP contribution >= 0.6 is 0 Å². The molecule has 0 aromatic carbocycles. The Morgan fingerprint density at radius 2 is 1.75 bits per heavy atom. The summed E-state index contributed by atoms with van der Waals surface area (Å²) in [5.74, 6) is 0. The van der Waals surface area contributed by atoms with Gasteiger partial charge in [0, 0.05) is 6.04 Å². The second-order valence-corrected chi connectivity index (χ2v) is 7.06. The monoisotopic (exact) mass is 223 g/mol. The highest BCUT2D eigenvalue weighted by molar-refractivity contribution is 5.13. The lowest BCUT2D eigenvalue weighted by Gasteiger charge is -2.42. The second kappa shape index (κ2) is 3.46. The van der Waals surface area contributed by atoms with E-state index in [1.165, 1.54) is 45.2 Å². The van der Waals surface area contributed by atoms with Gasteiger partial charge in [-0.3, -0.25) is 4.90 Å². The molecule has 0 bridgehead atoms. The smallest absolute Gasteiger partial charge is 0.103 e. The van der Waals surface area contributed by atoms with Crippen LogP contribution in [-0.4, -0.2) is 35.7 Å². The number of ether oxygens (including phenoxy) is 1. The van der Waals surface area contributed by atoms with Crippen LogP contribution in [0.5, 0.6) is 0 Å². The van der Waals surface area contributed by atoms with Gasteiger partial charge in [-0.1, -0.05) is 20.3 Å². The number of hydrogen-bond acceptors (Lipinski definition) is 2. The molecule has 2 aliphatic heterocycles. The fourth-order valence-corrected chi connectivity index (χ4v) is 4.15. The molecule has 0 N–H and O–H groups in total. The zero-order valence-corrected chi connectivity index (χ0v) is 11.0. The highest BCUT2D eigenvalue weighted by Gasteiger charge is 2.63. The fraction of sp³-hybridized carbons (Fsp3) is 1.00. The standard InChI is InChI=1S/C14H25NO/c1-13(2)9-11(12-14(3,10-13)16-12)15-7-5-4-6-8-15/h11-12H,4-10H2,1-3H3. The molecule has 1 saturated carbocycles. The Balaban J connectivity index is 1.74. The largest absolute Gasteiger partial charge is 0.365 e. The van der Waals surface area contributed by atoms with Crippen LogP contribution in [-0.2, 0) is 4.74 Å². The molecule has 2 nitrogen and oxygen atoms in total. The summed E-state index contributed by atoms with van der Waals surface area (Å²) >= 11 is 0. The van der Waals surface area contributed by atoms with Crippen LogP contribution in [0.25, 0.3) is 0 Å². The highest BCUT2D eigenvalue weighted by atomic mass is 16.6. The van der Waals surface area contributed by atoms with Crippen molar-refractivity contribution >= 4 is 0 Å². The summed E-state index contributed by atoms with van der Waals surface area (Å²) in [5, 5.41) is 0. The van der Waals surface area contributed by atoms with Gasteiger partial charge in [0.05, 0.1) is 5.60 Å². The highest BCUT2D eigenvalue weighted by Crippen LogP contribution is 2.55. The SMILES string of the molecule is CC1(C)CC(N2CCCCC2)C2OC2(C)C1. The van der Waals surface area contributed by atoms with Gasteiger partial charge in [0.2, 0.25) is 0 Å². The van der Waals surface area contributed by atoms with Gasteiger partial charge in [0.1, 0.15) is 6.10 Å². The van der Waals surface area contributed by atoms with Gasteiger partial charge in [-0.2, -0.15) is 0 Å². The third-order valence-corrected chi connectivity index (χ3v) is 4.74. The Morgan fingerprint density at radius 3 is 2.44 bits per heavy atom. The lowest BCUT2D eigenvalue weighted by Crippen LogP contribution is -2.49. The molecule has 92 valence electrons. The summed E-state index contributed by atoms with van der Waals surface area (Å²) in [5.41, 5.74) is 0.674. The molecular weight excluding hydrogens is 198 g/mol. The maximum atomic E-state index is 6.03. The van der Waals surface area contributed by atoms with Crippen molar-refractivity contribution in [2.45, 2.75) is 70.6 Å². The predicted octanol–water partition coefficient (Wildman–Crippen LogP) is 2.82. The molecule has 0 spiro atoms. The first-order chi connectivity index (χ1) is 7.50. The summed E-state index contributed by atoms with van der Waals surface area (Å²) < 4.78 is 6.03. The number of rotatable bonds is 1. The summed E-state index contributed by atoms with van der Waals surface area (Å²) in [7, 11) is 0. The molecule has 1 aliphatic carbocycles. The van der Waals surface area contributed by atoms with E-state index in [1.54, 1.807) is 0 Å². The quantitative estimate of drug-likeness (QED) is 0.635. The molecule has 3 aliphatic rings. The lowest BCUT2D eigenvalue weighted by molar-refractivity contribution is 0.0831. The normalized spacial score (nSPS) is 47.4. The van der Waals surface area contributed by atoms with Gasteiger partial charge in [-0.25, -0.2) is 0 Å². The van der Waals surface area contributed by atoms with Crippen LogP contribution in [0, 0.1) is 5.41 Å². The number of epoxide rings is 1. The first-order valence-corrected chi connectivity index (χ1v) is 6.92. The zero-order valence-electron chi connectivity index (χ0n) is 11.0. The van der Waals surface area contributed by atoms with E-state index in [0.29, 0.717) is 17.6 Å². The van der Waals surface area contributed by atoms with Crippen molar-refractivity contribution in [2.24, 2.45) is 5.41 Å². The number of likely N-dealkylation sites (tertiary alicyclic amines) is 1. The number of hydrogen-bond donors (Lipinski definition) is 0. The van der Waals surface area contributed by atoms with Crippen LogP contribution in [0.1, 0.15) is 52.9 Å². The van der Waals surface area contributed by atoms with E-state index in [2.05, 4.69) is 25.7 Å². The van der Waals surface area contributed by atoms with Crippen LogP contribution in [0.15, 0.2) is 0 Å². The number of piperidine rings is 1. The Morgan fingerprint density at radius 1 is 1.06 bits per heavy atom. The Labute approximate surface area is 99.3 Å². The molecule has 0 amide bonds. The third kappa shape index (κ3) is 1.80. The van der Waals surface area contributed by atoms with E-state index in [-0.39, 0.29) is 5.60 Å². The van der Waals surface area contributed by atoms with E-state index in [9.17, 15) is 0 Å². The van der Waals surface area contributed by atoms with Crippen molar-refractivity contribution in [3.05, 3.63) is 0 Å². The summed E-state index contributed by atoms with van der Waals surface area (Å²) in [6.07, 6.45) is 7.32. The lowest BCUT2D eigenvalue weighted by atomic mass is 9.70. The molecule has 0 aromatic heterocycles. The van der Waals surface area contributed by atoms with E-state index in [4.69, 9.17) is 4.74 Å². The topological polar surface area (TPSA) is 15.8 Å². The van der Waals surface area contributed by atoms with Gasteiger partial charge in [0.15, 0.2) is 0 Å². The van der Waals surface area contributed by atoms with E-state index in [0.717, 1.165) is 0 Å². The minimum atomic E-state index is 0.212. The van der Waals surface area contributed by atoms with E-state index >= 15 is 0 Å². The molecule has 3 fully saturated rings. The van der Waals surface area contributed by atoms with Gasteiger partial charge in [-0.15, -0.1) is 0 Å². The van der Waals surface area contributed by atoms with Gasteiger partial charge in [-0.05, 0) is 51.1 Å². The summed E-state index contributed by atoms with van der Waals surface area (Å²) in [6, 6.07) is 0.703. The van der Waals surface area contributed by atoms with Gasteiger partial charge >= 0.3 is 0 Å². The van der Waals surface area contributed by atoms with Crippen molar-refractivity contribution < 1.29 is 4.74 Å². The predicted molar refractivity (Wildman–Crippen MR) is 65.5 cm³/mol. The minimum absolute atomic E-state index is 0.212. The average Bonchev–Trinajstić information content (AvgIpc) is 2.87. The molecule has 0 radical (unpaired) electrons. The van der Waals surface area contributed by atoms with Crippen molar-refractivity contribution in [1.29, 1.82) is 0 Å². The number of fused-ring (bicyclic) bond motifs is 1. The third-order valence-electron chi connectivity index (χ3n) is 4.74. The molecule has 3 unspecified atom stereocenters. The first-order valence-electron chi connectivity index (χ1n) is 6.92. The Kier molecular flexibility index (Phi) is 2.38. The maximum Gasteiger partial charge on any atom is 0.103 e. The average molecular weight is 223 g/mol. The van der Waals surface area contributed by atoms with E-state index < -0.39 is 0 Å². The Bertz CT molecular complexity index is 280. The summed E-state index contributed by atoms with van der Waals surface area (Å²) in [4.78, 5) is 2.71. The molecular formula is C14H25NO. The fourth-order valence-electron chi connectivity index (χ4n) is 4.15. The second-order valence-electron chi connectivity index (χ2n) is 7.06. The zero-order chi connectivity index (χ0) is 11.4. The van der Waals surface area contributed by atoms with Crippen LogP contribution < -0.4 is 0 Å². The molecule has 2 heterocycles. The molecule has 2 heteroatoms. The minimum Gasteiger partial charge on any atom is -0.365 e. The maximum absolute atomic E-state index is 6.03. The van der Waals surface area contributed by atoms with Crippen molar-refractivity contribution in [1.82, 2.24) is 4.90 Å². The van der Waals surface area contributed by atoms with Crippen LogP contribution in [0.4, 0.5) is 0 Å². The molecule has 0 aromatic rings. The van der Waals surface area contributed by atoms with Crippen LogP contribution in [0.2, 0.25) is 0 Å². The van der Waals surface area contributed by atoms with Gasteiger partial charge < -0.3 is 4.74 Å². The molecule has 3 rings (SSSR count). The molecule has 16 heavy (non-hydrogen) atoms. The van der Waals surface area contributed by atoms with Gasteiger partial charge in [0.25, 0.3) is 0 Å². The number of nitrogens with zero attached hydrogens (tertiary/aromatic N) is 1. The van der Waals surface area contributed by atoms with Crippen molar-refractivity contribution in [2.75, 3.05) is 13.1 Å². The van der Waals surface area contributed by atoms with Crippen molar-refractivity contribution in [3.63, 3.8) is 0 Å². The molecule has 2 saturated heterocycles. The first kappa shape index (κ1) is 11.0. The van der Waals surface area contributed by atoms with Crippen LogP contribution in [0.3, 0.4) is 0 Å². The molecule has 3 atom stereocenters.